The van der Waals surface area contributed by atoms with Gasteiger partial charge in [-0.2, -0.15) is 0 Å². The predicted octanol–water partition coefficient (Wildman–Crippen LogP) is 1.82. The van der Waals surface area contributed by atoms with Gasteiger partial charge in [-0.1, -0.05) is 6.07 Å². The van der Waals surface area contributed by atoms with E-state index in [1.807, 2.05) is 0 Å². The van der Waals surface area contributed by atoms with E-state index in [0.717, 1.165) is 6.07 Å². The number of benzene rings is 1. The summed E-state index contributed by atoms with van der Waals surface area (Å²) >= 11 is 0. The van der Waals surface area contributed by atoms with E-state index in [-0.39, 0.29) is 11.8 Å². The normalized spacial score (nSPS) is 21.9. The monoisotopic (exact) mass is 255 g/mol. The number of rotatable bonds is 6. The van der Waals surface area contributed by atoms with Crippen molar-refractivity contribution in [2.24, 2.45) is 11.8 Å². The predicted molar refractivity (Wildman–Crippen MR) is 62.2 cm³/mol. The molecule has 0 saturated heterocycles. The highest BCUT2D eigenvalue weighted by Crippen LogP contribution is 2.37. The van der Waals surface area contributed by atoms with Crippen LogP contribution < -0.4 is 5.32 Å². The van der Waals surface area contributed by atoms with Crippen molar-refractivity contribution in [3.05, 3.63) is 35.4 Å². The summed E-state index contributed by atoms with van der Waals surface area (Å²) < 4.78 is 25.9. The van der Waals surface area contributed by atoms with Crippen molar-refractivity contribution in [1.82, 2.24) is 5.32 Å². The van der Waals surface area contributed by atoms with Crippen molar-refractivity contribution in [3.8, 4) is 0 Å². The van der Waals surface area contributed by atoms with Gasteiger partial charge < -0.3 is 10.4 Å². The topological polar surface area (TPSA) is 49.3 Å². The molecule has 98 valence electrons. The average Bonchev–Trinajstić information content (AvgIpc) is 3.06. The molecule has 1 aromatic carbocycles. The first-order valence-electron chi connectivity index (χ1n) is 5.95. The van der Waals surface area contributed by atoms with Gasteiger partial charge >= 0.3 is 5.97 Å². The molecular weight excluding hydrogens is 240 g/mol. The number of hydrogen-bond donors (Lipinski definition) is 2. The van der Waals surface area contributed by atoms with Gasteiger partial charge in [0.05, 0.1) is 5.92 Å². The minimum absolute atomic E-state index is 0.195. The Hall–Kier alpha value is -1.49. The Morgan fingerprint density at radius 1 is 1.44 bits per heavy atom. The molecule has 5 heteroatoms. The first-order chi connectivity index (χ1) is 8.58. The molecule has 1 saturated carbocycles. The molecule has 1 aliphatic carbocycles. The molecule has 2 unspecified atom stereocenters. The molecule has 3 nitrogen and oxygen atoms in total. The van der Waals surface area contributed by atoms with Gasteiger partial charge in [0.2, 0.25) is 0 Å². The van der Waals surface area contributed by atoms with Gasteiger partial charge in [-0.15, -0.1) is 0 Å². The van der Waals surface area contributed by atoms with Crippen molar-refractivity contribution >= 4 is 5.97 Å². The Morgan fingerprint density at radius 2 is 2.22 bits per heavy atom. The van der Waals surface area contributed by atoms with Crippen molar-refractivity contribution in [2.75, 3.05) is 13.1 Å². The van der Waals surface area contributed by atoms with Crippen LogP contribution in [0.2, 0.25) is 0 Å². The minimum Gasteiger partial charge on any atom is -0.481 e. The Labute approximate surface area is 104 Å². The van der Waals surface area contributed by atoms with Gasteiger partial charge in [-0.3, -0.25) is 4.79 Å². The standard InChI is InChI=1S/C13H15F2NO2/c14-10-2-1-8(12(15)6-10)3-4-16-7-9-5-11(9)13(17)18/h1-2,6,9,11,16H,3-5,7H2,(H,17,18). The molecule has 18 heavy (non-hydrogen) atoms. The number of nitrogens with one attached hydrogen (secondary N) is 1. The molecule has 0 aromatic heterocycles. The maximum atomic E-state index is 13.3. The molecule has 1 aliphatic rings. The van der Waals surface area contributed by atoms with E-state index >= 15 is 0 Å². The lowest BCUT2D eigenvalue weighted by molar-refractivity contribution is -0.138. The Bertz CT molecular complexity index is 451. The summed E-state index contributed by atoms with van der Waals surface area (Å²) in [6, 6.07) is 3.54. The second-order valence-electron chi connectivity index (χ2n) is 4.63. The van der Waals surface area contributed by atoms with Gasteiger partial charge in [-0.05, 0) is 43.5 Å². The Morgan fingerprint density at radius 3 is 2.83 bits per heavy atom. The van der Waals surface area contributed by atoms with Crippen LogP contribution in [0.1, 0.15) is 12.0 Å². The highest BCUT2D eigenvalue weighted by molar-refractivity contribution is 5.73. The highest BCUT2D eigenvalue weighted by atomic mass is 19.1. The first-order valence-corrected chi connectivity index (χ1v) is 5.95. The van der Waals surface area contributed by atoms with Gasteiger partial charge in [0.25, 0.3) is 0 Å². The van der Waals surface area contributed by atoms with E-state index in [9.17, 15) is 13.6 Å². The lowest BCUT2D eigenvalue weighted by Gasteiger charge is -2.05. The van der Waals surface area contributed by atoms with Crippen LogP contribution >= 0.6 is 0 Å². The van der Waals surface area contributed by atoms with Crippen molar-refractivity contribution < 1.29 is 18.7 Å². The van der Waals surface area contributed by atoms with Crippen LogP contribution in [0.25, 0.3) is 0 Å². The zero-order valence-corrected chi connectivity index (χ0v) is 9.83. The van der Waals surface area contributed by atoms with Crippen LogP contribution in [0.5, 0.6) is 0 Å². The SMILES string of the molecule is O=C(O)C1CC1CNCCc1ccc(F)cc1F. The van der Waals surface area contributed by atoms with E-state index in [0.29, 0.717) is 31.5 Å². The van der Waals surface area contributed by atoms with E-state index in [1.54, 1.807) is 0 Å². The number of halogens is 2. The van der Waals surface area contributed by atoms with E-state index in [4.69, 9.17) is 5.11 Å². The van der Waals surface area contributed by atoms with Crippen LogP contribution in [0, 0.1) is 23.5 Å². The number of hydrogen-bond acceptors (Lipinski definition) is 2. The summed E-state index contributed by atoms with van der Waals surface area (Å²) in [6.07, 6.45) is 1.18. The maximum Gasteiger partial charge on any atom is 0.306 e. The third-order valence-corrected chi connectivity index (χ3v) is 3.23. The smallest absolute Gasteiger partial charge is 0.306 e. The zero-order valence-electron chi connectivity index (χ0n) is 9.83. The second kappa shape index (κ2) is 5.44. The van der Waals surface area contributed by atoms with Crippen molar-refractivity contribution in [3.63, 3.8) is 0 Å². The molecule has 2 N–H and O–H groups in total. The van der Waals surface area contributed by atoms with Gasteiger partial charge in [0.1, 0.15) is 11.6 Å². The quantitative estimate of drug-likeness (QED) is 0.762. The van der Waals surface area contributed by atoms with Crippen LogP contribution in [0.15, 0.2) is 18.2 Å². The summed E-state index contributed by atoms with van der Waals surface area (Å²) in [7, 11) is 0. The molecule has 0 heterocycles. The fourth-order valence-electron chi connectivity index (χ4n) is 2.01. The summed E-state index contributed by atoms with van der Waals surface area (Å²) in [5.41, 5.74) is 0.467. The summed E-state index contributed by atoms with van der Waals surface area (Å²) in [5.74, 6) is -1.88. The molecule has 1 fully saturated rings. The van der Waals surface area contributed by atoms with E-state index < -0.39 is 17.6 Å². The molecule has 1 aromatic rings. The number of carboxylic acids is 1. The number of aliphatic carboxylic acids is 1. The summed E-state index contributed by atoms with van der Waals surface area (Å²) in [5, 5.41) is 11.8. The molecule has 0 bridgehead atoms. The molecule has 2 atom stereocenters. The average molecular weight is 255 g/mol. The third kappa shape index (κ3) is 3.26. The molecule has 0 spiro atoms. The third-order valence-electron chi connectivity index (χ3n) is 3.23. The number of carboxylic acid groups (broad SMARTS) is 1. The fraction of sp³-hybridized carbons (Fsp3) is 0.462. The molecule has 0 aliphatic heterocycles. The Balaban J connectivity index is 1.68. The molecular formula is C13H15F2NO2. The van der Waals surface area contributed by atoms with Crippen LogP contribution in [0.4, 0.5) is 8.78 Å². The number of carbonyl (C=O) groups is 1. The van der Waals surface area contributed by atoms with Crippen molar-refractivity contribution in [1.29, 1.82) is 0 Å². The minimum atomic E-state index is -0.744. The van der Waals surface area contributed by atoms with Gasteiger partial charge in [-0.25, -0.2) is 8.78 Å². The fourth-order valence-corrected chi connectivity index (χ4v) is 2.01. The molecule has 0 radical (unpaired) electrons. The largest absolute Gasteiger partial charge is 0.481 e. The molecule has 2 rings (SSSR count). The first kappa shape index (κ1) is 13.0. The van der Waals surface area contributed by atoms with Gasteiger partial charge in [0.15, 0.2) is 0 Å². The molecule has 0 amide bonds. The van der Waals surface area contributed by atoms with Gasteiger partial charge in [0, 0.05) is 6.07 Å². The second-order valence-corrected chi connectivity index (χ2v) is 4.63. The summed E-state index contributed by atoms with van der Waals surface area (Å²) in [4.78, 5) is 10.6. The Kier molecular flexibility index (Phi) is 3.91. The van der Waals surface area contributed by atoms with Crippen LogP contribution in [0.3, 0.4) is 0 Å². The maximum absolute atomic E-state index is 13.3. The lowest BCUT2D eigenvalue weighted by Crippen LogP contribution is -2.21. The highest BCUT2D eigenvalue weighted by Gasteiger charge is 2.42. The van der Waals surface area contributed by atoms with Crippen molar-refractivity contribution in [2.45, 2.75) is 12.8 Å². The van der Waals surface area contributed by atoms with Crippen LogP contribution in [-0.2, 0) is 11.2 Å². The lowest BCUT2D eigenvalue weighted by atomic mass is 10.1. The van der Waals surface area contributed by atoms with E-state index in [1.165, 1.54) is 12.1 Å². The summed E-state index contributed by atoms with van der Waals surface area (Å²) in [6.45, 7) is 1.20. The van der Waals surface area contributed by atoms with Crippen LogP contribution in [-0.4, -0.2) is 24.2 Å². The zero-order chi connectivity index (χ0) is 13.1. The van der Waals surface area contributed by atoms with E-state index in [2.05, 4.69) is 5.32 Å².